The molecule has 1 aliphatic rings. The van der Waals surface area contributed by atoms with Crippen molar-refractivity contribution in [1.82, 2.24) is 9.38 Å². The topological polar surface area (TPSA) is 64.9 Å². The summed E-state index contributed by atoms with van der Waals surface area (Å²) in [6.45, 7) is 5.48. The van der Waals surface area contributed by atoms with E-state index in [2.05, 4.69) is 5.32 Å². The minimum atomic E-state index is 0.0274. The maximum Gasteiger partial charge on any atom is 0.211 e. The second kappa shape index (κ2) is 6.36. The third-order valence-corrected chi connectivity index (χ3v) is 3.79. The van der Waals surface area contributed by atoms with Gasteiger partial charge in [0.15, 0.2) is 0 Å². The molecule has 22 heavy (non-hydrogen) atoms. The summed E-state index contributed by atoms with van der Waals surface area (Å²) in [4.78, 5) is 15.5. The Balaban J connectivity index is 1.97. The van der Waals surface area contributed by atoms with Gasteiger partial charge >= 0.3 is 0 Å². The van der Waals surface area contributed by atoms with E-state index in [1.54, 1.807) is 0 Å². The Morgan fingerprint density at radius 1 is 1.41 bits per heavy atom. The molecule has 0 spiro atoms. The van der Waals surface area contributed by atoms with E-state index >= 15 is 0 Å². The van der Waals surface area contributed by atoms with E-state index in [1.165, 1.54) is 0 Å². The zero-order chi connectivity index (χ0) is 15.5. The summed E-state index contributed by atoms with van der Waals surface area (Å²) in [5, 5.41) is 2.69. The highest BCUT2D eigenvalue weighted by Crippen LogP contribution is 2.30. The lowest BCUT2D eigenvalue weighted by Gasteiger charge is -2.19. The van der Waals surface area contributed by atoms with Crippen LogP contribution in [0.5, 0.6) is 5.75 Å². The van der Waals surface area contributed by atoms with Crippen molar-refractivity contribution in [3.8, 4) is 5.75 Å². The first-order valence-corrected chi connectivity index (χ1v) is 7.64. The van der Waals surface area contributed by atoms with E-state index in [9.17, 15) is 4.79 Å². The minimum Gasteiger partial charge on any atom is -0.489 e. The number of ether oxygens (including phenoxy) is 2. The molecule has 0 aromatic carbocycles. The number of carbonyl (C=O) groups is 1. The van der Waals surface area contributed by atoms with Gasteiger partial charge in [0, 0.05) is 37.6 Å². The highest BCUT2D eigenvalue weighted by atomic mass is 16.5. The largest absolute Gasteiger partial charge is 0.489 e. The van der Waals surface area contributed by atoms with Crippen LogP contribution in [0.3, 0.4) is 0 Å². The van der Waals surface area contributed by atoms with Crippen LogP contribution in [0.2, 0.25) is 0 Å². The predicted octanol–water partition coefficient (Wildman–Crippen LogP) is 2.58. The lowest BCUT2D eigenvalue weighted by molar-refractivity contribution is -0.105. The maximum absolute atomic E-state index is 10.8. The Labute approximate surface area is 129 Å². The first-order valence-electron chi connectivity index (χ1n) is 7.64. The molecular formula is C16H21N3O3. The number of hydrogen-bond acceptors (Lipinski definition) is 4. The summed E-state index contributed by atoms with van der Waals surface area (Å²) in [7, 11) is 0. The molecule has 118 valence electrons. The molecule has 6 nitrogen and oxygen atoms in total. The third-order valence-electron chi connectivity index (χ3n) is 3.79. The Bertz CT molecular complexity index is 660. The van der Waals surface area contributed by atoms with Crippen LogP contribution in [0.4, 0.5) is 5.69 Å². The third kappa shape index (κ3) is 3.06. The normalized spacial score (nSPS) is 16.1. The Morgan fingerprint density at radius 2 is 2.18 bits per heavy atom. The summed E-state index contributed by atoms with van der Waals surface area (Å²) in [5.74, 6) is 1.07. The van der Waals surface area contributed by atoms with Gasteiger partial charge in [0.05, 0.1) is 11.8 Å². The van der Waals surface area contributed by atoms with Crippen molar-refractivity contribution < 1.29 is 14.3 Å². The number of pyridine rings is 1. The molecule has 0 atom stereocenters. The zero-order valence-electron chi connectivity index (χ0n) is 12.9. The number of carbonyl (C=O) groups excluding carboxylic acids is 1. The molecule has 0 aliphatic carbocycles. The second-order valence-electron chi connectivity index (χ2n) is 5.80. The fraction of sp³-hybridized carbons (Fsp3) is 0.500. The van der Waals surface area contributed by atoms with Crippen LogP contribution in [0, 0.1) is 0 Å². The monoisotopic (exact) mass is 303 g/mol. The first-order chi connectivity index (χ1) is 10.7. The molecule has 0 radical (unpaired) electrons. The number of fused-ring (bicyclic) bond motifs is 1. The molecule has 1 saturated heterocycles. The van der Waals surface area contributed by atoms with E-state index < -0.39 is 0 Å². The van der Waals surface area contributed by atoms with Gasteiger partial charge in [-0.05, 0) is 26.7 Å². The fourth-order valence-electron chi connectivity index (χ4n) is 2.75. The van der Waals surface area contributed by atoms with Gasteiger partial charge in [-0.15, -0.1) is 0 Å². The molecule has 1 N–H and O–H groups in total. The highest BCUT2D eigenvalue weighted by Gasteiger charge is 2.19. The van der Waals surface area contributed by atoms with E-state index in [-0.39, 0.29) is 6.10 Å². The van der Waals surface area contributed by atoms with Crippen molar-refractivity contribution in [2.45, 2.75) is 38.7 Å². The number of anilines is 1. The van der Waals surface area contributed by atoms with Gasteiger partial charge in [-0.1, -0.05) is 0 Å². The predicted molar refractivity (Wildman–Crippen MR) is 83.4 cm³/mol. The summed E-state index contributed by atoms with van der Waals surface area (Å²) in [6.07, 6.45) is 6.55. The fourth-order valence-corrected chi connectivity index (χ4v) is 2.75. The standard InChI is InChI=1S/C16H21N3O3/c1-11(2)22-15-7-16-18-13(12-3-5-21-6-4-12)8-19(16)9-14(15)17-10-20/h7-12H,3-6H2,1-2H3,(H,17,20). The maximum atomic E-state index is 10.8. The molecule has 1 fully saturated rings. The van der Waals surface area contributed by atoms with Crippen LogP contribution in [-0.4, -0.2) is 35.1 Å². The molecule has 3 heterocycles. The van der Waals surface area contributed by atoms with Crippen molar-refractivity contribution in [1.29, 1.82) is 0 Å². The molecule has 0 bridgehead atoms. The van der Waals surface area contributed by atoms with Gasteiger partial charge in [-0.25, -0.2) is 4.98 Å². The van der Waals surface area contributed by atoms with E-state index in [4.69, 9.17) is 14.5 Å². The van der Waals surface area contributed by atoms with Gasteiger partial charge in [0.1, 0.15) is 17.1 Å². The van der Waals surface area contributed by atoms with Gasteiger partial charge in [0.25, 0.3) is 0 Å². The molecule has 0 unspecified atom stereocenters. The molecule has 2 aromatic heterocycles. The number of amides is 1. The van der Waals surface area contributed by atoms with Crippen molar-refractivity contribution in [3.05, 3.63) is 24.2 Å². The molecule has 0 saturated carbocycles. The lowest BCUT2D eigenvalue weighted by Crippen LogP contribution is -2.14. The molecule has 1 amide bonds. The number of nitrogens with zero attached hydrogens (tertiary/aromatic N) is 2. The SMILES string of the molecule is CC(C)Oc1cc2nc(C3CCOCC3)cn2cc1NC=O. The van der Waals surface area contributed by atoms with Crippen molar-refractivity contribution >= 4 is 17.7 Å². The Morgan fingerprint density at radius 3 is 2.86 bits per heavy atom. The van der Waals surface area contributed by atoms with E-state index in [0.717, 1.165) is 37.4 Å². The second-order valence-corrected chi connectivity index (χ2v) is 5.80. The van der Waals surface area contributed by atoms with E-state index in [1.807, 2.05) is 36.7 Å². The van der Waals surface area contributed by atoms with Crippen molar-refractivity contribution in [3.63, 3.8) is 0 Å². The van der Waals surface area contributed by atoms with Crippen LogP contribution in [-0.2, 0) is 9.53 Å². The first kappa shape index (κ1) is 14.8. The summed E-state index contributed by atoms with van der Waals surface area (Å²) in [5.41, 5.74) is 2.54. The zero-order valence-corrected chi connectivity index (χ0v) is 12.9. The van der Waals surface area contributed by atoms with Crippen LogP contribution in [0.1, 0.15) is 38.3 Å². The lowest BCUT2D eigenvalue weighted by atomic mass is 9.97. The van der Waals surface area contributed by atoms with E-state index in [0.29, 0.717) is 23.8 Å². The average molecular weight is 303 g/mol. The number of hydrogen-bond donors (Lipinski definition) is 1. The number of imidazole rings is 1. The van der Waals surface area contributed by atoms with Gasteiger partial charge in [-0.3, -0.25) is 4.79 Å². The number of nitrogens with one attached hydrogen (secondary N) is 1. The summed E-state index contributed by atoms with van der Waals surface area (Å²) < 4.78 is 13.1. The minimum absolute atomic E-state index is 0.0274. The molecular weight excluding hydrogens is 282 g/mol. The summed E-state index contributed by atoms with van der Waals surface area (Å²) >= 11 is 0. The summed E-state index contributed by atoms with van der Waals surface area (Å²) in [6, 6.07) is 1.87. The van der Waals surface area contributed by atoms with Crippen LogP contribution >= 0.6 is 0 Å². The van der Waals surface area contributed by atoms with Crippen LogP contribution in [0.25, 0.3) is 5.65 Å². The Kier molecular flexibility index (Phi) is 4.29. The molecule has 2 aromatic rings. The van der Waals surface area contributed by atoms with Crippen LogP contribution < -0.4 is 10.1 Å². The van der Waals surface area contributed by atoms with Gasteiger partial charge in [-0.2, -0.15) is 0 Å². The Hall–Kier alpha value is -2.08. The average Bonchev–Trinajstić information content (AvgIpc) is 2.91. The van der Waals surface area contributed by atoms with Crippen molar-refractivity contribution in [2.24, 2.45) is 0 Å². The molecule has 1 aliphatic heterocycles. The molecule has 6 heteroatoms. The molecule has 3 rings (SSSR count). The number of rotatable bonds is 5. The highest BCUT2D eigenvalue weighted by molar-refractivity contribution is 5.76. The quantitative estimate of drug-likeness (QED) is 0.862. The number of aromatic nitrogens is 2. The smallest absolute Gasteiger partial charge is 0.211 e. The van der Waals surface area contributed by atoms with Gasteiger partial charge in [0.2, 0.25) is 6.41 Å². The van der Waals surface area contributed by atoms with Gasteiger partial charge < -0.3 is 19.2 Å². The van der Waals surface area contributed by atoms with Crippen LogP contribution in [0.15, 0.2) is 18.5 Å². The van der Waals surface area contributed by atoms with Crippen molar-refractivity contribution in [2.75, 3.05) is 18.5 Å².